The van der Waals surface area contributed by atoms with Crippen molar-refractivity contribution in [2.45, 2.75) is 52.6 Å². The van der Waals surface area contributed by atoms with Gasteiger partial charge in [-0.1, -0.05) is 44.5 Å². The summed E-state index contributed by atoms with van der Waals surface area (Å²) in [5.74, 6) is -0.533. The molecule has 1 saturated heterocycles. The molecule has 2 aromatic carbocycles. The van der Waals surface area contributed by atoms with Crippen LogP contribution in [0.3, 0.4) is 0 Å². The van der Waals surface area contributed by atoms with Crippen LogP contribution in [0.2, 0.25) is 0 Å². The fourth-order valence-corrected chi connectivity index (χ4v) is 4.54. The van der Waals surface area contributed by atoms with Crippen LogP contribution in [-0.4, -0.2) is 28.8 Å². The van der Waals surface area contributed by atoms with Gasteiger partial charge in [-0.25, -0.2) is 0 Å². The number of hydrogen-bond donors (Lipinski definition) is 1. The molecule has 1 unspecified atom stereocenters. The first kappa shape index (κ1) is 24.3. The van der Waals surface area contributed by atoms with E-state index >= 15 is 0 Å². The Labute approximate surface area is 205 Å². The van der Waals surface area contributed by atoms with Crippen LogP contribution < -0.4 is 4.74 Å². The van der Waals surface area contributed by atoms with Crippen LogP contribution >= 0.6 is 0 Å². The van der Waals surface area contributed by atoms with E-state index in [1.165, 1.54) is 11.2 Å². The third kappa shape index (κ3) is 4.48. The first-order chi connectivity index (χ1) is 16.5. The number of Topliss-reactive ketones (excluding diaryl/α,β-unsaturated/α-hetero) is 1. The highest BCUT2D eigenvalue weighted by atomic mass is 16.5. The SMILES string of the molecule is COc1ccc(/C(O)=C2/C(=O)C(=O)N(Cc3cc(C)ccc3C)C2c2ccco2)cc1C(C)(C)C. The largest absolute Gasteiger partial charge is 0.507 e. The summed E-state index contributed by atoms with van der Waals surface area (Å²) in [7, 11) is 1.60. The molecule has 1 atom stereocenters. The summed E-state index contributed by atoms with van der Waals surface area (Å²) in [5, 5.41) is 11.4. The molecule has 6 nitrogen and oxygen atoms in total. The van der Waals surface area contributed by atoms with E-state index in [2.05, 4.69) is 0 Å². The van der Waals surface area contributed by atoms with Gasteiger partial charge in [-0.15, -0.1) is 0 Å². The Kier molecular flexibility index (Phi) is 6.32. The van der Waals surface area contributed by atoms with E-state index in [0.717, 1.165) is 22.3 Å². The van der Waals surface area contributed by atoms with Crippen LogP contribution in [-0.2, 0) is 21.5 Å². The van der Waals surface area contributed by atoms with Gasteiger partial charge in [0.2, 0.25) is 0 Å². The number of aryl methyl sites for hydroxylation is 2. The van der Waals surface area contributed by atoms with Gasteiger partial charge in [0, 0.05) is 17.7 Å². The van der Waals surface area contributed by atoms with E-state index in [1.807, 2.05) is 58.9 Å². The Morgan fingerprint density at radius 2 is 1.83 bits per heavy atom. The van der Waals surface area contributed by atoms with Crippen molar-refractivity contribution in [1.29, 1.82) is 0 Å². The normalized spacial score (nSPS) is 17.8. The lowest BCUT2D eigenvalue weighted by Crippen LogP contribution is -2.29. The van der Waals surface area contributed by atoms with E-state index in [9.17, 15) is 14.7 Å². The van der Waals surface area contributed by atoms with Crippen LogP contribution in [0, 0.1) is 13.8 Å². The quantitative estimate of drug-likeness (QED) is 0.287. The molecule has 0 bridgehead atoms. The number of aliphatic hydroxyl groups excluding tert-OH is 1. The van der Waals surface area contributed by atoms with Gasteiger partial charge in [-0.2, -0.15) is 0 Å². The van der Waals surface area contributed by atoms with Crippen molar-refractivity contribution in [2.75, 3.05) is 7.11 Å². The van der Waals surface area contributed by atoms with Crippen molar-refractivity contribution in [1.82, 2.24) is 4.90 Å². The van der Waals surface area contributed by atoms with Gasteiger partial charge in [-0.3, -0.25) is 9.59 Å². The Morgan fingerprint density at radius 1 is 1.09 bits per heavy atom. The second-order valence-corrected chi connectivity index (χ2v) is 10.0. The molecule has 0 aliphatic carbocycles. The fourth-order valence-electron chi connectivity index (χ4n) is 4.54. The van der Waals surface area contributed by atoms with Crippen molar-refractivity contribution in [3.8, 4) is 5.75 Å². The van der Waals surface area contributed by atoms with E-state index in [0.29, 0.717) is 17.1 Å². The minimum atomic E-state index is -0.842. The number of furan rings is 1. The molecule has 0 radical (unpaired) electrons. The number of hydrogen-bond acceptors (Lipinski definition) is 5. The number of likely N-dealkylation sites (tertiary alicyclic amines) is 1. The van der Waals surface area contributed by atoms with Crippen molar-refractivity contribution in [2.24, 2.45) is 0 Å². The van der Waals surface area contributed by atoms with Gasteiger partial charge >= 0.3 is 0 Å². The lowest BCUT2D eigenvalue weighted by molar-refractivity contribution is -0.140. The van der Waals surface area contributed by atoms with Gasteiger partial charge in [0.05, 0.1) is 18.9 Å². The predicted molar refractivity (Wildman–Crippen MR) is 134 cm³/mol. The van der Waals surface area contributed by atoms with Crippen molar-refractivity contribution in [3.63, 3.8) is 0 Å². The Hall–Kier alpha value is -3.80. The van der Waals surface area contributed by atoms with Crippen molar-refractivity contribution < 1.29 is 23.8 Å². The van der Waals surface area contributed by atoms with Gasteiger partial charge in [-0.05, 0) is 60.7 Å². The summed E-state index contributed by atoms with van der Waals surface area (Å²) in [6.45, 7) is 10.3. The highest BCUT2D eigenvalue weighted by molar-refractivity contribution is 6.46. The Bertz CT molecular complexity index is 1310. The number of ketones is 1. The minimum Gasteiger partial charge on any atom is -0.507 e. The molecule has 4 rings (SSSR count). The molecule has 0 saturated carbocycles. The fraction of sp³-hybridized carbons (Fsp3) is 0.310. The van der Waals surface area contributed by atoms with Gasteiger partial charge in [0.1, 0.15) is 23.3 Å². The number of nitrogens with zero attached hydrogens (tertiary/aromatic N) is 1. The maximum Gasteiger partial charge on any atom is 0.296 e. The van der Waals surface area contributed by atoms with Crippen LogP contribution in [0.1, 0.15) is 60.4 Å². The van der Waals surface area contributed by atoms with E-state index in [4.69, 9.17) is 9.15 Å². The topological polar surface area (TPSA) is 80.0 Å². The highest BCUT2D eigenvalue weighted by Gasteiger charge is 2.47. The molecule has 1 amide bonds. The molecule has 1 N–H and O–H groups in total. The first-order valence-electron chi connectivity index (χ1n) is 11.6. The second kappa shape index (κ2) is 9.10. The number of benzene rings is 2. The predicted octanol–water partition coefficient (Wildman–Crippen LogP) is 5.82. The molecule has 1 aromatic heterocycles. The summed E-state index contributed by atoms with van der Waals surface area (Å²) < 4.78 is 11.2. The molecular weight excluding hydrogens is 442 g/mol. The van der Waals surface area contributed by atoms with Crippen LogP contribution in [0.15, 0.2) is 64.8 Å². The molecule has 1 aliphatic rings. The lowest BCUT2D eigenvalue weighted by Gasteiger charge is -2.25. The first-order valence-corrected chi connectivity index (χ1v) is 11.6. The number of carbonyl (C=O) groups excluding carboxylic acids is 2. The molecule has 6 heteroatoms. The molecular formula is C29H31NO5. The average Bonchev–Trinajstić information content (AvgIpc) is 3.42. The van der Waals surface area contributed by atoms with Crippen molar-refractivity contribution >= 4 is 17.4 Å². The van der Waals surface area contributed by atoms with Crippen LogP contribution in [0.25, 0.3) is 5.76 Å². The van der Waals surface area contributed by atoms with Gasteiger partial charge < -0.3 is 19.2 Å². The highest BCUT2D eigenvalue weighted by Crippen LogP contribution is 2.42. The van der Waals surface area contributed by atoms with Gasteiger partial charge in [0.25, 0.3) is 11.7 Å². The maximum absolute atomic E-state index is 13.3. The number of carbonyl (C=O) groups is 2. The molecule has 1 fully saturated rings. The van der Waals surface area contributed by atoms with Crippen LogP contribution in [0.4, 0.5) is 0 Å². The Morgan fingerprint density at radius 3 is 2.46 bits per heavy atom. The zero-order chi connectivity index (χ0) is 25.5. The summed E-state index contributed by atoms with van der Waals surface area (Å²) in [6.07, 6.45) is 1.50. The third-order valence-electron chi connectivity index (χ3n) is 6.48. The summed E-state index contributed by atoms with van der Waals surface area (Å²) in [4.78, 5) is 28.0. The number of methoxy groups -OCH3 is 1. The second-order valence-electron chi connectivity index (χ2n) is 10.0. The summed E-state index contributed by atoms with van der Waals surface area (Å²) >= 11 is 0. The maximum atomic E-state index is 13.3. The molecule has 1 aliphatic heterocycles. The van der Waals surface area contributed by atoms with Crippen molar-refractivity contribution in [3.05, 3.63) is 93.9 Å². The van der Waals surface area contributed by atoms with Gasteiger partial charge in [0.15, 0.2) is 0 Å². The van der Waals surface area contributed by atoms with E-state index in [-0.39, 0.29) is 23.3 Å². The summed E-state index contributed by atoms with van der Waals surface area (Å²) in [5.41, 5.74) is 4.07. The van der Waals surface area contributed by atoms with E-state index in [1.54, 1.807) is 31.4 Å². The molecule has 0 spiro atoms. The zero-order valence-electron chi connectivity index (χ0n) is 21.0. The molecule has 2 heterocycles. The number of ether oxygens (including phenoxy) is 1. The minimum absolute atomic E-state index is 0.0142. The summed E-state index contributed by atoms with van der Waals surface area (Å²) in [6, 6.07) is 13.9. The monoisotopic (exact) mass is 473 g/mol. The van der Waals surface area contributed by atoms with E-state index < -0.39 is 17.7 Å². The average molecular weight is 474 g/mol. The third-order valence-corrected chi connectivity index (χ3v) is 6.48. The Balaban J connectivity index is 1.87. The lowest BCUT2D eigenvalue weighted by atomic mass is 9.84. The number of rotatable bonds is 5. The van der Waals surface area contributed by atoms with Crippen LogP contribution in [0.5, 0.6) is 5.75 Å². The number of aliphatic hydroxyl groups is 1. The zero-order valence-corrected chi connectivity index (χ0v) is 21.0. The standard InChI is InChI=1S/C29H31NO5/c1-17-9-10-18(2)20(14-17)16-30-25(23-8-7-13-35-23)24(27(32)28(30)33)26(31)19-11-12-22(34-6)21(15-19)29(3,4)5/h7-15,25,31H,16H2,1-6H3/b26-24-. The molecule has 3 aromatic rings. The molecule has 35 heavy (non-hydrogen) atoms. The smallest absolute Gasteiger partial charge is 0.296 e. The molecule has 182 valence electrons. The number of amides is 1.